The molecule has 4 heteroatoms. The van der Waals surface area contributed by atoms with Gasteiger partial charge < -0.3 is 10.4 Å². The first-order valence-corrected chi connectivity index (χ1v) is 12.4. The van der Waals surface area contributed by atoms with Crippen LogP contribution in [0.5, 0.6) is 0 Å². The Morgan fingerprint density at radius 1 is 0.861 bits per heavy atom. The molecule has 3 aromatic rings. The molecule has 2 aliphatic heterocycles. The number of rotatable bonds is 2. The van der Waals surface area contributed by atoms with Gasteiger partial charge >= 0.3 is 0 Å². The number of fused-ring (bicyclic) bond motifs is 4. The van der Waals surface area contributed by atoms with Crippen molar-refractivity contribution in [2.24, 2.45) is 4.99 Å². The predicted molar refractivity (Wildman–Crippen MR) is 147 cm³/mol. The Labute approximate surface area is 211 Å². The Bertz CT molecular complexity index is 1640. The summed E-state index contributed by atoms with van der Waals surface area (Å²) < 4.78 is 0. The summed E-state index contributed by atoms with van der Waals surface area (Å²) in [5.41, 5.74) is 7.73. The van der Waals surface area contributed by atoms with Crippen molar-refractivity contribution in [1.29, 1.82) is 0 Å². The van der Waals surface area contributed by atoms with Crippen LogP contribution in [0.15, 0.2) is 99.4 Å². The number of Topliss-reactive ketones (excluding diaryl/α,β-unsaturated/α-hetero) is 1. The van der Waals surface area contributed by atoms with Crippen LogP contribution in [0.1, 0.15) is 52.7 Å². The van der Waals surface area contributed by atoms with Gasteiger partial charge in [-0.1, -0.05) is 76.2 Å². The van der Waals surface area contributed by atoms with Crippen molar-refractivity contribution in [2.45, 2.75) is 52.4 Å². The van der Waals surface area contributed by atoms with Gasteiger partial charge in [-0.05, 0) is 59.0 Å². The fourth-order valence-electron chi connectivity index (χ4n) is 6.41. The lowest BCUT2D eigenvalue weighted by Crippen LogP contribution is -2.33. The zero-order valence-electron chi connectivity index (χ0n) is 21.6. The van der Waals surface area contributed by atoms with Gasteiger partial charge in [-0.15, -0.1) is 0 Å². The van der Waals surface area contributed by atoms with Gasteiger partial charge in [0.1, 0.15) is 5.76 Å². The third-order valence-corrected chi connectivity index (χ3v) is 8.25. The number of anilines is 1. The van der Waals surface area contributed by atoms with E-state index < -0.39 is 5.41 Å². The van der Waals surface area contributed by atoms with Crippen LogP contribution in [0.2, 0.25) is 0 Å². The van der Waals surface area contributed by atoms with Crippen LogP contribution in [-0.4, -0.2) is 16.6 Å². The number of hydrogen-bond acceptors (Lipinski definition) is 4. The summed E-state index contributed by atoms with van der Waals surface area (Å²) in [5, 5.41) is 17.1. The number of nitrogens with zero attached hydrogens (tertiary/aromatic N) is 1. The molecule has 4 nitrogen and oxygen atoms in total. The number of para-hydroxylation sites is 1. The topological polar surface area (TPSA) is 61.7 Å². The van der Waals surface area contributed by atoms with Gasteiger partial charge in [-0.25, -0.2) is 0 Å². The van der Waals surface area contributed by atoms with E-state index in [1.54, 1.807) is 0 Å². The summed E-state index contributed by atoms with van der Waals surface area (Å²) in [6.45, 7) is 12.4. The van der Waals surface area contributed by atoms with Gasteiger partial charge in [0.2, 0.25) is 5.78 Å². The van der Waals surface area contributed by atoms with Crippen molar-refractivity contribution in [3.8, 4) is 0 Å². The highest BCUT2D eigenvalue weighted by Crippen LogP contribution is 2.50. The highest BCUT2D eigenvalue weighted by atomic mass is 16.3. The van der Waals surface area contributed by atoms with E-state index in [4.69, 9.17) is 4.99 Å². The molecule has 0 saturated heterocycles. The molecular formula is C32H30N2O2. The van der Waals surface area contributed by atoms with E-state index in [0.29, 0.717) is 11.1 Å². The van der Waals surface area contributed by atoms with Crippen LogP contribution < -0.4 is 5.32 Å². The first-order valence-electron chi connectivity index (χ1n) is 12.4. The number of benzene rings is 3. The Hall–Kier alpha value is -3.92. The fraction of sp³-hybridized carbons (Fsp3) is 0.250. The number of carbonyl (C=O) groups is 1. The molecule has 0 atom stereocenters. The quantitative estimate of drug-likeness (QED) is 0.376. The molecular weight excluding hydrogens is 444 g/mol. The SMILES string of the molecule is C/C(C1=Nc2ccc3ccccc3c2C1(C)C)=C1\C(=O)C(C(/C)=C2/Nc3ccccc3C2(C)C)=C1O. The number of aliphatic hydroxyl groups is 1. The van der Waals surface area contributed by atoms with E-state index in [1.807, 2.05) is 50.2 Å². The molecule has 0 saturated carbocycles. The van der Waals surface area contributed by atoms with Crippen LogP contribution in [0.4, 0.5) is 11.4 Å². The van der Waals surface area contributed by atoms with Gasteiger partial charge in [0.25, 0.3) is 0 Å². The second kappa shape index (κ2) is 7.30. The van der Waals surface area contributed by atoms with Crippen molar-refractivity contribution in [3.05, 3.63) is 106 Å². The molecule has 1 aliphatic carbocycles. The molecule has 2 heterocycles. The maximum absolute atomic E-state index is 13.6. The molecule has 0 aromatic heterocycles. The maximum Gasteiger partial charge on any atom is 0.201 e. The number of hydrogen-bond donors (Lipinski definition) is 2. The summed E-state index contributed by atoms with van der Waals surface area (Å²) in [6, 6.07) is 20.7. The van der Waals surface area contributed by atoms with Crippen molar-refractivity contribution in [2.75, 3.05) is 5.32 Å². The molecule has 36 heavy (non-hydrogen) atoms. The van der Waals surface area contributed by atoms with E-state index in [9.17, 15) is 9.90 Å². The first-order chi connectivity index (χ1) is 17.0. The van der Waals surface area contributed by atoms with Crippen LogP contribution >= 0.6 is 0 Å². The number of aliphatic hydroxyl groups excluding tert-OH is 1. The van der Waals surface area contributed by atoms with Crippen LogP contribution in [0.3, 0.4) is 0 Å². The molecule has 6 rings (SSSR count). The summed E-state index contributed by atoms with van der Waals surface area (Å²) >= 11 is 0. The number of allylic oxidation sites excluding steroid dienone is 5. The molecule has 0 bridgehead atoms. The summed E-state index contributed by atoms with van der Waals surface area (Å²) in [5.74, 6) is -0.0572. The first kappa shape index (κ1) is 22.5. The maximum atomic E-state index is 13.6. The second-order valence-corrected chi connectivity index (χ2v) is 11.1. The van der Waals surface area contributed by atoms with Crippen molar-refractivity contribution in [3.63, 3.8) is 0 Å². The number of ketones is 1. The Kier molecular flexibility index (Phi) is 4.57. The molecule has 0 unspecified atom stereocenters. The molecule has 0 radical (unpaired) electrons. The zero-order valence-corrected chi connectivity index (χ0v) is 21.6. The van der Waals surface area contributed by atoms with Gasteiger partial charge in [0.05, 0.1) is 22.5 Å². The average Bonchev–Trinajstić information content (AvgIpc) is 3.28. The molecule has 3 aromatic carbocycles. The monoisotopic (exact) mass is 474 g/mol. The minimum atomic E-state index is -0.395. The largest absolute Gasteiger partial charge is 0.506 e. The summed E-state index contributed by atoms with van der Waals surface area (Å²) in [4.78, 5) is 18.5. The average molecular weight is 475 g/mol. The highest BCUT2D eigenvalue weighted by Gasteiger charge is 2.45. The van der Waals surface area contributed by atoms with E-state index in [1.165, 1.54) is 21.9 Å². The lowest BCUT2D eigenvalue weighted by molar-refractivity contribution is -0.113. The molecule has 2 N–H and O–H groups in total. The summed E-state index contributed by atoms with van der Waals surface area (Å²) in [7, 11) is 0. The lowest BCUT2D eigenvalue weighted by atomic mass is 9.72. The number of carbonyl (C=O) groups excluding carboxylic acids is 1. The fourth-order valence-corrected chi connectivity index (χ4v) is 6.41. The van der Waals surface area contributed by atoms with Gasteiger partial charge in [-0.2, -0.15) is 0 Å². The van der Waals surface area contributed by atoms with Gasteiger partial charge in [0, 0.05) is 22.2 Å². The highest BCUT2D eigenvalue weighted by molar-refractivity contribution is 6.27. The van der Waals surface area contributed by atoms with Gasteiger partial charge in [0.15, 0.2) is 0 Å². The van der Waals surface area contributed by atoms with Crippen LogP contribution in [0, 0.1) is 0 Å². The second-order valence-electron chi connectivity index (χ2n) is 11.1. The third-order valence-electron chi connectivity index (χ3n) is 8.25. The number of aliphatic imine (C=N–C) groups is 1. The standard InChI is InChI=1S/C32H30N2O2/c1-17(29-31(3,4)21-13-9-10-14-22(21)33-29)24-27(35)25(28(24)36)18(2)30-32(5,6)26-20-12-8-7-11-19(20)15-16-23(26)34-30/h7-16,33,35H,1-6H3/b25-18+,29-17+. The Morgan fingerprint density at radius 2 is 1.56 bits per heavy atom. The third kappa shape index (κ3) is 2.81. The van der Waals surface area contributed by atoms with Crippen LogP contribution in [-0.2, 0) is 15.6 Å². The Morgan fingerprint density at radius 3 is 2.28 bits per heavy atom. The molecule has 0 spiro atoms. The van der Waals surface area contributed by atoms with E-state index in [-0.39, 0.29) is 17.0 Å². The zero-order chi connectivity index (χ0) is 25.6. The van der Waals surface area contributed by atoms with E-state index >= 15 is 0 Å². The summed E-state index contributed by atoms with van der Waals surface area (Å²) in [6.07, 6.45) is 0. The van der Waals surface area contributed by atoms with Crippen LogP contribution in [0.25, 0.3) is 10.8 Å². The van der Waals surface area contributed by atoms with E-state index in [0.717, 1.165) is 33.9 Å². The van der Waals surface area contributed by atoms with Crippen molar-refractivity contribution in [1.82, 2.24) is 0 Å². The normalized spacial score (nSPS) is 22.1. The van der Waals surface area contributed by atoms with Gasteiger partial charge in [-0.3, -0.25) is 9.79 Å². The Balaban J connectivity index is 1.44. The smallest absolute Gasteiger partial charge is 0.201 e. The lowest BCUT2D eigenvalue weighted by Gasteiger charge is -2.30. The minimum absolute atomic E-state index is 0.0652. The molecule has 3 aliphatic rings. The minimum Gasteiger partial charge on any atom is -0.506 e. The number of nitrogens with one attached hydrogen (secondary N) is 1. The molecule has 0 fully saturated rings. The van der Waals surface area contributed by atoms with Crippen molar-refractivity contribution >= 4 is 33.6 Å². The van der Waals surface area contributed by atoms with Crippen molar-refractivity contribution < 1.29 is 9.90 Å². The van der Waals surface area contributed by atoms with E-state index in [2.05, 4.69) is 57.3 Å². The molecule has 180 valence electrons. The predicted octanol–water partition coefficient (Wildman–Crippen LogP) is 7.59. The molecule has 0 amide bonds.